The second-order valence-corrected chi connectivity index (χ2v) is 7.10. The predicted molar refractivity (Wildman–Crippen MR) is 105 cm³/mol. The van der Waals surface area contributed by atoms with Gasteiger partial charge in [-0.15, -0.1) is 0 Å². The lowest BCUT2D eigenvalue weighted by atomic mass is 9.84. The van der Waals surface area contributed by atoms with E-state index in [0.29, 0.717) is 25.2 Å². The third-order valence-corrected chi connectivity index (χ3v) is 5.26. The van der Waals surface area contributed by atoms with E-state index < -0.39 is 0 Å². The van der Waals surface area contributed by atoms with Crippen LogP contribution in [-0.4, -0.2) is 28.6 Å². The highest BCUT2D eigenvalue weighted by Gasteiger charge is 2.25. The highest BCUT2D eigenvalue weighted by Crippen LogP contribution is 2.38. The summed E-state index contributed by atoms with van der Waals surface area (Å²) < 4.78 is 6.51. The van der Waals surface area contributed by atoms with Crippen LogP contribution in [0.25, 0.3) is 5.57 Å². The highest BCUT2D eigenvalue weighted by molar-refractivity contribution is 5.91. The molecule has 1 aliphatic heterocycles. The molecule has 1 aromatic rings. The van der Waals surface area contributed by atoms with Gasteiger partial charge in [-0.25, -0.2) is 9.67 Å². The van der Waals surface area contributed by atoms with Crippen molar-refractivity contribution in [2.75, 3.05) is 7.11 Å². The van der Waals surface area contributed by atoms with Gasteiger partial charge in [-0.2, -0.15) is 5.10 Å². The normalized spacial score (nSPS) is 23.1. The van der Waals surface area contributed by atoms with E-state index in [1.807, 2.05) is 6.20 Å². The van der Waals surface area contributed by atoms with Crippen LogP contribution in [0.1, 0.15) is 43.8 Å². The average Bonchev–Trinajstić information content (AvgIpc) is 3.12. The molecule has 2 N–H and O–H groups in total. The molecule has 27 heavy (non-hydrogen) atoms. The number of hydrogen-bond acceptors (Lipinski definition) is 5. The van der Waals surface area contributed by atoms with Gasteiger partial charge in [-0.3, -0.25) is 4.79 Å². The van der Waals surface area contributed by atoms with E-state index in [9.17, 15) is 4.79 Å². The molecule has 2 heterocycles. The Morgan fingerprint density at radius 3 is 3.15 bits per heavy atom. The number of carbonyl (C=O) groups excluding carboxylic acids is 1. The van der Waals surface area contributed by atoms with Gasteiger partial charge in [0.15, 0.2) is 5.82 Å². The zero-order valence-electron chi connectivity index (χ0n) is 15.5. The number of nitrogens with two attached hydrogens (primary N) is 1. The molecule has 2 unspecified atom stereocenters. The van der Waals surface area contributed by atoms with Crippen molar-refractivity contribution in [1.82, 2.24) is 9.78 Å². The summed E-state index contributed by atoms with van der Waals surface area (Å²) in [5.41, 5.74) is 10.8. The van der Waals surface area contributed by atoms with Gasteiger partial charge >= 0.3 is 5.97 Å². The first-order valence-corrected chi connectivity index (χ1v) is 9.39. The topological polar surface area (TPSA) is 82.5 Å². The fraction of sp³-hybridized carbons (Fsp3) is 0.381. The molecule has 0 radical (unpaired) electrons. The van der Waals surface area contributed by atoms with E-state index in [1.165, 1.54) is 12.7 Å². The minimum atomic E-state index is -0.222. The van der Waals surface area contributed by atoms with Crippen molar-refractivity contribution in [3.05, 3.63) is 53.8 Å². The van der Waals surface area contributed by atoms with Crippen molar-refractivity contribution in [1.29, 1.82) is 0 Å². The van der Waals surface area contributed by atoms with Crippen molar-refractivity contribution >= 4 is 23.1 Å². The Kier molecular flexibility index (Phi) is 4.90. The largest absolute Gasteiger partial charge is 0.469 e. The van der Waals surface area contributed by atoms with Crippen LogP contribution in [-0.2, 0) is 9.53 Å². The molecule has 2 aliphatic carbocycles. The summed E-state index contributed by atoms with van der Waals surface area (Å²) in [5, 5.41) is 4.48. The van der Waals surface area contributed by atoms with Gasteiger partial charge in [0.05, 0.1) is 13.3 Å². The van der Waals surface area contributed by atoms with Gasteiger partial charge < -0.3 is 10.5 Å². The maximum atomic E-state index is 11.3. The zero-order chi connectivity index (χ0) is 18.8. The number of esters is 1. The van der Waals surface area contributed by atoms with Gasteiger partial charge in [0.1, 0.15) is 6.17 Å². The summed E-state index contributed by atoms with van der Waals surface area (Å²) in [4.78, 5) is 16.2. The van der Waals surface area contributed by atoms with E-state index in [1.54, 1.807) is 4.68 Å². The van der Waals surface area contributed by atoms with E-state index in [4.69, 9.17) is 15.5 Å². The maximum absolute atomic E-state index is 11.3. The van der Waals surface area contributed by atoms with Gasteiger partial charge in [-0.1, -0.05) is 36.5 Å². The van der Waals surface area contributed by atoms with Gasteiger partial charge in [0.2, 0.25) is 0 Å². The Morgan fingerprint density at radius 2 is 2.30 bits per heavy atom. The number of allylic oxidation sites excluding steroid dienone is 8. The number of nitrogens with zero attached hydrogens (tertiary/aromatic N) is 3. The number of carbonyl (C=O) groups is 1. The summed E-state index contributed by atoms with van der Waals surface area (Å²) in [6, 6.07) is 0. The van der Waals surface area contributed by atoms with Crippen LogP contribution in [0.3, 0.4) is 0 Å². The number of fused-ring (bicyclic) bond motifs is 2. The molecule has 0 aromatic carbocycles. The highest BCUT2D eigenvalue weighted by atomic mass is 16.5. The molecule has 0 fully saturated rings. The molecule has 3 aliphatic rings. The average molecular weight is 364 g/mol. The molecular formula is C21H24N4O2. The molecule has 0 spiro atoms. The van der Waals surface area contributed by atoms with E-state index >= 15 is 0 Å². The number of rotatable bonds is 5. The minimum absolute atomic E-state index is 0.190. The van der Waals surface area contributed by atoms with Crippen LogP contribution in [0.2, 0.25) is 0 Å². The zero-order valence-corrected chi connectivity index (χ0v) is 15.5. The first-order valence-electron chi connectivity index (χ1n) is 9.39. The predicted octanol–water partition coefficient (Wildman–Crippen LogP) is 3.62. The lowest BCUT2D eigenvalue weighted by Crippen LogP contribution is -2.26. The maximum Gasteiger partial charge on any atom is 0.305 e. The van der Waals surface area contributed by atoms with Crippen molar-refractivity contribution in [2.45, 2.75) is 38.3 Å². The number of aromatic nitrogens is 2. The first-order chi connectivity index (χ1) is 13.2. The Bertz CT molecular complexity index is 901. The van der Waals surface area contributed by atoms with E-state index in [0.717, 1.165) is 35.5 Å². The standard InChI is InChI=1S/C21H24N4O2/c1-27-20(26)8-4-7-17-12-19(22)25-21(24-17)18(13-23-25)16-10-9-14-5-2-3-6-15(14)11-16/h2-3,5,9-11,13,15,19H,4,6-8,12,22H2,1H3. The van der Waals surface area contributed by atoms with Gasteiger partial charge in [-0.05, 0) is 30.4 Å². The fourth-order valence-electron chi connectivity index (χ4n) is 3.78. The first kappa shape index (κ1) is 17.7. The van der Waals surface area contributed by atoms with Crippen LogP contribution in [0.5, 0.6) is 0 Å². The number of hydrogen-bond donors (Lipinski definition) is 1. The molecule has 2 atom stereocenters. The Morgan fingerprint density at radius 1 is 1.41 bits per heavy atom. The van der Waals surface area contributed by atoms with Gasteiger partial charge in [0.25, 0.3) is 0 Å². The second-order valence-electron chi connectivity index (χ2n) is 7.10. The fourth-order valence-corrected chi connectivity index (χ4v) is 3.78. The third kappa shape index (κ3) is 3.57. The van der Waals surface area contributed by atoms with Crippen LogP contribution < -0.4 is 5.73 Å². The third-order valence-electron chi connectivity index (χ3n) is 5.26. The quantitative estimate of drug-likeness (QED) is 0.809. The number of aliphatic imine (C=N–C) groups is 1. The molecule has 0 saturated heterocycles. The van der Waals surface area contributed by atoms with Crippen molar-refractivity contribution in [2.24, 2.45) is 16.6 Å². The Hall–Kier alpha value is -2.73. The molecule has 4 rings (SSSR count). The van der Waals surface area contributed by atoms with Gasteiger partial charge in [0, 0.05) is 30.0 Å². The minimum Gasteiger partial charge on any atom is -0.469 e. The molecular weight excluding hydrogens is 340 g/mol. The van der Waals surface area contributed by atoms with Crippen LogP contribution >= 0.6 is 0 Å². The molecule has 6 nitrogen and oxygen atoms in total. The number of methoxy groups -OCH3 is 1. The molecule has 0 bridgehead atoms. The molecule has 6 heteroatoms. The summed E-state index contributed by atoms with van der Waals surface area (Å²) in [6.07, 6.45) is 18.2. The van der Waals surface area contributed by atoms with Crippen LogP contribution in [0, 0.1) is 5.92 Å². The molecule has 1 aromatic heterocycles. The Balaban J connectivity index is 1.57. The smallest absolute Gasteiger partial charge is 0.305 e. The number of ether oxygens (including phenoxy) is 1. The Labute approximate surface area is 158 Å². The van der Waals surface area contributed by atoms with Crippen molar-refractivity contribution in [3.8, 4) is 0 Å². The van der Waals surface area contributed by atoms with E-state index in [2.05, 4.69) is 41.6 Å². The van der Waals surface area contributed by atoms with Crippen molar-refractivity contribution in [3.63, 3.8) is 0 Å². The van der Waals surface area contributed by atoms with Crippen LogP contribution in [0.15, 0.2) is 53.2 Å². The summed E-state index contributed by atoms with van der Waals surface area (Å²) >= 11 is 0. The van der Waals surface area contributed by atoms with Crippen molar-refractivity contribution < 1.29 is 9.53 Å². The second kappa shape index (κ2) is 7.48. The molecule has 140 valence electrons. The SMILES string of the molecule is COC(=O)CCCC1=Nc2c(C3=CC4CC=CC=C4C=C3)cnn2C(N)C1. The molecule has 0 amide bonds. The summed E-state index contributed by atoms with van der Waals surface area (Å²) in [6.45, 7) is 0. The molecule has 0 saturated carbocycles. The lowest BCUT2D eigenvalue weighted by Gasteiger charge is -2.23. The monoisotopic (exact) mass is 364 g/mol. The summed E-state index contributed by atoms with van der Waals surface area (Å²) in [7, 11) is 1.41. The van der Waals surface area contributed by atoms with E-state index in [-0.39, 0.29) is 12.1 Å². The summed E-state index contributed by atoms with van der Waals surface area (Å²) in [5.74, 6) is 1.03. The lowest BCUT2D eigenvalue weighted by molar-refractivity contribution is -0.140. The van der Waals surface area contributed by atoms with Crippen LogP contribution in [0.4, 0.5) is 5.82 Å².